The van der Waals surface area contributed by atoms with Crippen molar-refractivity contribution in [1.82, 2.24) is 15.1 Å². The fourth-order valence-electron chi connectivity index (χ4n) is 3.14. The molecule has 146 valence electrons. The van der Waals surface area contributed by atoms with Gasteiger partial charge in [-0.2, -0.15) is 0 Å². The van der Waals surface area contributed by atoms with Crippen molar-refractivity contribution in [2.45, 2.75) is 19.0 Å². The summed E-state index contributed by atoms with van der Waals surface area (Å²) in [7, 11) is 3.05. The highest BCUT2D eigenvalue weighted by Crippen LogP contribution is 2.28. The van der Waals surface area contributed by atoms with Crippen LogP contribution in [0.3, 0.4) is 0 Å². The third-order valence-corrected chi connectivity index (χ3v) is 4.64. The first-order valence-electron chi connectivity index (χ1n) is 8.71. The van der Waals surface area contributed by atoms with Crippen molar-refractivity contribution in [3.63, 3.8) is 0 Å². The van der Waals surface area contributed by atoms with E-state index in [4.69, 9.17) is 14.2 Å². The van der Waals surface area contributed by atoms with E-state index < -0.39 is 18.0 Å². The van der Waals surface area contributed by atoms with E-state index in [2.05, 4.69) is 5.32 Å². The summed E-state index contributed by atoms with van der Waals surface area (Å²) in [6.45, 7) is 2.07. The van der Waals surface area contributed by atoms with Crippen LogP contribution in [-0.2, 0) is 20.9 Å². The molecule has 3 rings (SSSR count). The van der Waals surface area contributed by atoms with Crippen LogP contribution in [0.2, 0.25) is 0 Å². The number of carbonyl (C=O) groups is 3. The monoisotopic (exact) mass is 377 g/mol. The minimum Gasteiger partial charge on any atom is -0.493 e. The first kappa shape index (κ1) is 19.0. The van der Waals surface area contributed by atoms with Gasteiger partial charge in [-0.3, -0.25) is 14.5 Å². The van der Waals surface area contributed by atoms with Crippen molar-refractivity contribution in [1.29, 1.82) is 0 Å². The Bertz CT molecular complexity index is 732. The zero-order chi connectivity index (χ0) is 19.4. The van der Waals surface area contributed by atoms with Gasteiger partial charge in [0.2, 0.25) is 5.91 Å². The standard InChI is InChI=1S/C18H23N3O6/c1-25-14-4-3-12(9-15(14)26-2)11-21-17(23)13(19-18(21)24)10-16(22)20-5-7-27-8-6-20/h3-4,9,13H,5-8,10-11H2,1-2H3,(H,19,24)/t13-/m0/s1. The lowest BCUT2D eigenvalue weighted by atomic mass is 10.1. The zero-order valence-corrected chi connectivity index (χ0v) is 15.4. The maximum atomic E-state index is 12.6. The first-order chi connectivity index (χ1) is 13.0. The van der Waals surface area contributed by atoms with Crippen molar-refractivity contribution in [3.8, 4) is 11.5 Å². The number of benzene rings is 1. The van der Waals surface area contributed by atoms with Crippen LogP contribution in [0.15, 0.2) is 18.2 Å². The van der Waals surface area contributed by atoms with Crippen LogP contribution in [0.4, 0.5) is 4.79 Å². The molecule has 0 aliphatic carbocycles. The molecule has 1 aromatic carbocycles. The van der Waals surface area contributed by atoms with E-state index in [0.717, 1.165) is 10.5 Å². The molecule has 4 amide bonds. The molecular weight excluding hydrogens is 354 g/mol. The van der Waals surface area contributed by atoms with Gasteiger partial charge in [0.25, 0.3) is 5.91 Å². The third kappa shape index (κ3) is 4.13. The van der Waals surface area contributed by atoms with E-state index in [9.17, 15) is 14.4 Å². The summed E-state index contributed by atoms with van der Waals surface area (Å²) in [5, 5.41) is 2.60. The summed E-state index contributed by atoms with van der Waals surface area (Å²) >= 11 is 0. The fourth-order valence-corrected chi connectivity index (χ4v) is 3.14. The molecule has 2 aliphatic rings. The number of nitrogens with one attached hydrogen (secondary N) is 1. The molecule has 27 heavy (non-hydrogen) atoms. The predicted octanol–water partition coefficient (Wildman–Crippen LogP) is 0.373. The van der Waals surface area contributed by atoms with Crippen molar-refractivity contribution >= 4 is 17.8 Å². The van der Waals surface area contributed by atoms with Gasteiger partial charge in [0, 0.05) is 13.1 Å². The maximum Gasteiger partial charge on any atom is 0.325 e. The number of hydrogen-bond acceptors (Lipinski definition) is 6. The van der Waals surface area contributed by atoms with Crippen LogP contribution in [0.25, 0.3) is 0 Å². The normalized spacial score (nSPS) is 19.9. The number of nitrogens with zero attached hydrogens (tertiary/aromatic N) is 2. The molecule has 2 heterocycles. The Morgan fingerprint density at radius 3 is 2.56 bits per heavy atom. The molecule has 0 radical (unpaired) electrons. The molecule has 2 saturated heterocycles. The number of hydrogen-bond donors (Lipinski definition) is 1. The van der Waals surface area contributed by atoms with Crippen LogP contribution >= 0.6 is 0 Å². The van der Waals surface area contributed by atoms with Crippen LogP contribution in [0.5, 0.6) is 11.5 Å². The molecule has 0 unspecified atom stereocenters. The van der Waals surface area contributed by atoms with E-state index in [1.807, 2.05) is 0 Å². The van der Waals surface area contributed by atoms with Gasteiger partial charge >= 0.3 is 6.03 Å². The van der Waals surface area contributed by atoms with E-state index in [-0.39, 0.29) is 18.9 Å². The molecule has 9 heteroatoms. The summed E-state index contributed by atoms with van der Waals surface area (Å²) in [4.78, 5) is 39.9. The number of morpholine rings is 1. The van der Waals surface area contributed by atoms with Crippen molar-refractivity contribution < 1.29 is 28.6 Å². The largest absolute Gasteiger partial charge is 0.493 e. The maximum absolute atomic E-state index is 12.6. The second kappa shape index (κ2) is 8.26. The molecule has 1 aromatic rings. The van der Waals surface area contributed by atoms with Crippen LogP contribution < -0.4 is 14.8 Å². The molecular formula is C18H23N3O6. The second-order valence-electron chi connectivity index (χ2n) is 6.31. The highest BCUT2D eigenvalue weighted by Gasteiger charge is 2.39. The Labute approximate surface area is 157 Å². The van der Waals surface area contributed by atoms with Crippen molar-refractivity contribution in [2.75, 3.05) is 40.5 Å². The van der Waals surface area contributed by atoms with Crippen LogP contribution in [0, 0.1) is 0 Å². The Morgan fingerprint density at radius 1 is 1.19 bits per heavy atom. The van der Waals surface area contributed by atoms with E-state index >= 15 is 0 Å². The highest BCUT2D eigenvalue weighted by atomic mass is 16.5. The molecule has 0 saturated carbocycles. The Kier molecular flexibility index (Phi) is 5.80. The fraction of sp³-hybridized carbons (Fsp3) is 0.500. The number of ether oxygens (including phenoxy) is 3. The predicted molar refractivity (Wildman–Crippen MR) is 94.4 cm³/mol. The second-order valence-corrected chi connectivity index (χ2v) is 6.31. The topological polar surface area (TPSA) is 97.4 Å². The smallest absolute Gasteiger partial charge is 0.325 e. The number of carbonyl (C=O) groups excluding carboxylic acids is 3. The van der Waals surface area contributed by atoms with Gasteiger partial charge in [-0.1, -0.05) is 6.07 Å². The third-order valence-electron chi connectivity index (χ3n) is 4.64. The van der Waals surface area contributed by atoms with Gasteiger partial charge in [0.05, 0.1) is 40.4 Å². The van der Waals surface area contributed by atoms with Crippen molar-refractivity contribution in [2.24, 2.45) is 0 Å². The van der Waals surface area contributed by atoms with Crippen molar-refractivity contribution in [3.05, 3.63) is 23.8 Å². The van der Waals surface area contributed by atoms with Gasteiger partial charge in [-0.25, -0.2) is 4.79 Å². The van der Waals surface area contributed by atoms with E-state index in [0.29, 0.717) is 37.8 Å². The van der Waals surface area contributed by atoms with Crippen LogP contribution in [-0.4, -0.2) is 74.2 Å². The summed E-state index contributed by atoms with van der Waals surface area (Å²) in [6, 6.07) is 3.84. The number of urea groups is 1. The highest BCUT2D eigenvalue weighted by molar-refractivity contribution is 6.05. The summed E-state index contributed by atoms with van der Waals surface area (Å²) in [5.74, 6) is 0.509. The molecule has 9 nitrogen and oxygen atoms in total. The average Bonchev–Trinajstić information content (AvgIpc) is 2.95. The van der Waals surface area contributed by atoms with Gasteiger partial charge in [0.15, 0.2) is 11.5 Å². The lowest BCUT2D eigenvalue weighted by molar-refractivity contribution is -0.138. The molecule has 0 spiro atoms. The number of rotatable bonds is 6. The van der Waals surface area contributed by atoms with Gasteiger partial charge in [-0.15, -0.1) is 0 Å². The quantitative estimate of drug-likeness (QED) is 0.720. The van der Waals surface area contributed by atoms with E-state index in [1.54, 1.807) is 23.1 Å². The molecule has 1 N–H and O–H groups in total. The van der Waals surface area contributed by atoms with Gasteiger partial charge in [-0.05, 0) is 17.7 Å². The summed E-state index contributed by atoms with van der Waals surface area (Å²) < 4.78 is 15.7. The van der Waals surface area contributed by atoms with Gasteiger partial charge in [0.1, 0.15) is 6.04 Å². The molecule has 1 atom stereocenters. The summed E-state index contributed by atoms with van der Waals surface area (Å²) in [6.07, 6.45) is -0.0486. The molecule has 0 aromatic heterocycles. The Hall–Kier alpha value is -2.81. The minimum atomic E-state index is -0.840. The lowest BCUT2D eigenvalue weighted by Gasteiger charge is -2.27. The molecule has 2 fully saturated rings. The molecule has 0 bridgehead atoms. The van der Waals surface area contributed by atoms with Gasteiger partial charge < -0.3 is 24.4 Å². The minimum absolute atomic E-state index is 0.0486. The number of imide groups is 1. The van der Waals surface area contributed by atoms with Crippen LogP contribution in [0.1, 0.15) is 12.0 Å². The average molecular weight is 377 g/mol. The Morgan fingerprint density at radius 2 is 1.89 bits per heavy atom. The SMILES string of the molecule is COc1ccc(CN2C(=O)N[C@@H](CC(=O)N3CCOCC3)C2=O)cc1OC. The van der Waals surface area contributed by atoms with E-state index in [1.165, 1.54) is 14.2 Å². The molecule has 2 aliphatic heterocycles. The summed E-state index contributed by atoms with van der Waals surface area (Å²) in [5.41, 5.74) is 0.719. The first-order valence-corrected chi connectivity index (χ1v) is 8.71. The number of methoxy groups -OCH3 is 2. The number of amides is 4. The lowest BCUT2D eigenvalue weighted by Crippen LogP contribution is -2.44. The Balaban J connectivity index is 1.64. The zero-order valence-electron chi connectivity index (χ0n) is 15.4.